The minimum atomic E-state index is 0. The van der Waals surface area contributed by atoms with Crippen LogP contribution in [0.25, 0.3) is 251 Å². The zero-order valence-corrected chi connectivity index (χ0v) is 84.2. The van der Waals surface area contributed by atoms with Gasteiger partial charge in [0, 0.05) is 121 Å². The van der Waals surface area contributed by atoms with Gasteiger partial charge in [0.2, 0.25) is 0 Å². The second kappa shape index (κ2) is 39.5. The van der Waals surface area contributed by atoms with Crippen LogP contribution < -0.4 is 0 Å². The predicted molar refractivity (Wildman–Crippen MR) is 564 cm³/mol. The van der Waals surface area contributed by atoms with Gasteiger partial charge in [-0.3, -0.25) is 44.9 Å². The van der Waals surface area contributed by atoms with Crippen molar-refractivity contribution >= 4 is 98.5 Å². The van der Waals surface area contributed by atoms with E-state index in [4.69, 9.17) is 15.0 Å². The molecule has 0 aliphatic rings. The van der Waals surface area contributed by atoms with Gasteiger partial charge in [0.1, 0.15) is 0 Å². The molecule has 0 N–H and O–H groups in total. The van der Waals surface area contributed by atoms with E-state index >= 15 is 0 Å². The number of imidazole rings is 3. The summed E-state index contributed by atoms with van der Waals surface area (Å²) in [7, 11) is 6.18. The van der Waals surface area contributed by atoms with Crippen molar-refractivity contribution in [2.24, 2.45) is 21.1 Å². The van der Waals surface area contributed by atoms with Crippen LogP contribution in [-0.2, 0) is 84.3 Å². The number of pyridine rings is 9. The number of hydrogen-bond acceptors (Lipinski definition) is 12. The molecule has 690 valence electrons. The van der Waals surface area contributed by atoms with Crippen LogP contribution in [0.2, 0.25) is 0 Å². The Morgan fingerprint density at radius 1 is 0.181 bits per heavy atom. The number of benzene rings is 12. The zero-order valence-electron chi connectivity index (χ0n) is 77.3. The van der Waals surface area contributed by atoms with Crippen molar-refractivity contribution < 1.29 is 63.2 Å². The van der Waals surface area contributed by atoms with Crippen LogP contribution in [-0.4, -0.2) is 87.2 Å². The van der Waals surface area contributed by atoms with E-state index in [2.05, 4.69) is 318 Å². The third-order valence-electron chi connectivity index (χ3n) is 26.0. The quantitative estimate of drug-likeness (QED) is 0.0886. The van der Waals surface area contributed by atoms with Gasteiger partial charge in [0.05, 0.1) is 84.7 Å². The minimum absolute atomic E-state index is 0. The Hall–Kier alpha value is -17.1. The number of hydrogen-bond donors (Lipinski definition) is 0. The molecule has 144 heavy (non-hydrogen) atoms. The van der Waals surface area contributed by atoms with E-state index in [9.17, 15) is 0 Å². The molecule has 0 saturated heterocycles. The molecule has 0 aliphatic heterocycles. The molecule has 12 aromatic carbocycles. The van der Waals surface area contributed by atoms with Gasteiger partial charge in [-0.25, -0.2) is 0 Å². The smallest absolute Gasteiger partial charge is 0.367 e. The van der Waals surface area contributed by atoms with Gasteiger partial charge >= 0.3 is 63.2 Å². The molecule has 0 radical (unpaired) electrons. The molecular weight excluding hydrogens is 2310 g/mol. The first kappa shape index (κ1) is 91.9. The first-order valence-electron chi connectivity index (χ1n) is 46.4. The molecule has 0 aliphatic carbocycles. The summed E-state index contributed by atoms with van der Waals surface area (Å²) in [5, 5.41) is 6.67. The van der Waals surface area contributed by atoms with Gasteiger partial charge in [-0.1, -0.05) is 155 Å². The average Bonchev–Trinajstić information content (AvgIpc) is 1.58. The number of para-hydroxylation sites is 1. The fraction of sp³-hybridized carbons (Fsp3) is 0.0244. The van der Waals surface area contributed by atoms with Gasteiger partial charge in [-0.2, -0.15) is 0 Å². The van der Waals surface area contributed by atoms with Gasteiger partial charge in [-0.15, -0.1) is 155 Å². The van der Waals surface area contributed by atoms with Crippen molar-refractivity contribution in [3.05, 3.63) is 456 Å². The third kappa shape index (κ3) is 17.2. The number of aryl methyl sites for hydroxylation is 3. The Balaban J connectivity index is 0.000000122. The molecule has 0 amide bonds. The molecule has 15 aromatic heterocycles. The molecule has 18 nitrogen and oxygen atoms in total. The maximum Gasteiger partial charge on any atom is 2.00 e. The molecule has 0 atom stereocenters. The molecule has 0 saturated carbocycles. The molecular formula is C123H78N18Pt3. The first-order chi connectivity index (χ1) is 69.6. The van der Waals surface area contributed by atoms with Crippen LogP contribution in [0.4, 0.5) is 0 Å². The summed E-state index contributed by atoms with van der Waals surface area (Å²) in [6.07, 6.45) is 16.4. The maximum atomic E-state index is 5.11. The Labute approximate surface area is 871 Å². The van der Waals surface area contributed by atoms with Crippen LogP contribution in [0.1, 0.15) is 0 Å². The number of fused-ring (bicyclic) bond motifs is 12. The topological polar surface area (TPSA) is 184 Å². The number of nitrogens with zero attached hydrogens (tertiary/aromatic N) is 18. The molecule has 0 unspecified atom stereocenters. The van der Waals surface area contributed by atoms with Crippen molar-refractivity contribution in [1.82, 2.24) is 87.2 Å². The van der Waals surface area contributed by atoms with E-state index in [1.54, 1.807) is 0 Å². The SMILES string of the molecule is Cn1c(-c2[c-]c3c(cc2)c2cc(-c4ccccn4)ccc2n3-c2[c-]c(-c3ccccn3)ccc2)nc2cc(-c3ccccn3)ccc21.Cn1c(-c2[c-]c3c(cc2)c2cc(-c4ccccn4)ccc2n3-c2[c-]c(-c3ccccn3)ccc2)nc2ccc(-c3ccccn3)cc21.Cn1c(-c2[c-]c3c(cc2)c2ccccc2n3-c2[c-]c(-c3ccccn3)cc(-c3ccccn3)c2)nc2ccc(-c3ccccn3)cc21.[Pt+2].[Pt+2].[Pt+2]. The summed E-state index contributed by atoms with van der Waals surface area (Å²) in [6.45, 7) is 0. The Morgan fingerprint density at radius 3 is 0.882 bits per heavy atom. The summed E-state index contributed by atoms with van der Waals surface area (Å²) >= 11 is 0. The van der Waals surface area contributed by atoms with E-state index in [0.717, 1.165) is 251 Å². The van der Waals surface area contributed by atoms with Gasteiger partial charge in [0.15, 0.2) is 0 Å². The van der Waals surface area contributed by atoms with Crippen LogP contribution in [0.5, 0.6) is 0 Å². The van der Waals surface area contributed by atoms with Crippen molar-refractivity contribution in [2.75, 3.05) is 0 Å². The maximum absolute atomic E-state index is 5.11. The summed E-state index contributed by atoms with van der Waals surface area (Å²) in [5.41, 5.74) is 34.5. The fourth-order valence-electron chi connectivity index (χ4n) is 19.2. The normalized spacial score (nSPS) is 11.3. The van der Waals surface area contributed by atoms with E-state index < -0.39 is 0 Å². The van der Waals surface area contributed by atoms with Crippen molar-refractivity contribution in [1.29, 1.82) is 0 Å². The molecule has 0 fully saturated rings. The molecule has 0 spiro atoms. The first-order valence-corrected chi connectivity index (χ1v) is 46.4. The van der Waals surface area contributed by atoms with Crippen molar-refractivity contribution in [3.63, 3.8) is 0 Å². The fourth-order valence-corrected chi connectivity index (χ4v) is 19.2. The predicted octanol–water partition coefficient (Wildman–Crippen LogP) is 27.4. The van der Waals surface area contributed by atoms with E-state index in [1.807, 2.05) is 232 Å². The van der Waals surface area contributed by atoms with Crippen molar-refractivity contribution in [3.8, 4) is 153 Å². The second-order valence-corrected chi connectivity index (χ2v) is 34.5. The summed E-state index contributed by atoms with van der Waals surface area (Å²) in [5.74, 6) is 2.53. The molecule has 27 aromatic rings. The Morgan fingerprint density at radius 2 is 0.486 bits per heavy atom. The molecule has 27 rings (SSSR count). The molecule has 15 heterocycles. The molecule has 0 bridgehead atoms. The van der Waals surface area contributed by atoms with Crippen LogP contribution >= 0.6 is 0 Å². The van der Waals surface area contributed by atoms with E-state index in [1.165, 1.54) is 0 Å². The third-order valence-corrected chi connectivity index (χ3v) is 26.0. The second-order valence-electron chi connectivity index (χ2n) is 34.5. The van der Waals surface area contributed by atoms with Gasteiger partial charge in [0.25, 0.3) is 0 Å². The summed E-state index contributed by atoms with van der Waals surface area (Å²) in [6, 6.07) is 146. The monoisotopic (exact) mass is 2390 g/mol. The number of rotatable bonds is 15. The molecule has 21 heteroatoms. The van der Waals surface area contributed by atoms with Gasteiger partial charge < -0.3 is 42.4 Å². The van der Waals surface area contributed by atoms with Gasteiger partial charge in [-0.05, 0) is 212 Å². The standard InChI is InChI=1S/3C41H26N6.3Pt/c1-46-40-25-29(36-13-4-7-22-44-36)15-18-37(40)45-41(46)30-14-17-32-33-24-28(35-12-3-6-21-43-35)16-19-38(33)47(39(32)26-30)31-10-8-9-27(23-31)34-11-2-5-20-42-34;1-46-39-19-16-29(36-13-4-7-22-44-36)25-37(39)45-41(46)30-14-17-32-33-24-28(35-12-3-6-21-43-35)15-18-38(33)47(40(32)26-30)31-10-8-9-27(23-31)34-11-2-5-20-42-34;1-46-40-25-27(34-11-4-7-19-42-34)16-18-37(40)45-41(46)28-15-17-33-32-10-2-3-14-38(32)47(39(33)26-28)31-23-29(35-12-5-8-20-43-35)22-30(24-31)36-13-6-9-21-44-36;;;/h2*2-22,24-25H,1H3;2-23,25H,1H3;;;/q3*-2;3*+2. The van der Waals surface area contributed by atoms with Crippen LogP contribution in [0, 0.1) is 36.4 Å². The van der Waals surface area contributed by atoms with Crippen LogP contribution in [0.15, 0.2) is 420 Å². The summed E-state index contributed by atoms with van der Waals surface area (Å²) in [4.78, 5) is 56.6. The van der Waals surface area contributed by atoms with E-state index in [-0.39, 0.29) is 63.2 Å². The largest absolute Gasteiger partial charge is 2.00 e. The average molecular weight is 2390 g/mol. The zero-order chi connectivity index (χ0) is 94.0. The van der Waals surface area contributed by atoms with Crippen LogP contribution in [0.3, 0.4) is 0 Å². The summed E-state index contributed by atoms with van der Waals surface area (Å²) < 4.78 is 13.1. The number of aromatic nitrogens is 18. The Kier molecular flexibility index (Phi) is 25.2. The van der Waals surface area contributed by atoms with Crippen molar-refractivity contribution in [2.45, 2.75) is 0 Å². The minimum Gasteiger partial charge on any atom is -0.367 e. The van der Waals surface area contributed by atoms with E-state index in [0.29, 0.717) is 0 Å². The Bertz CT molecular complexity index is 9150.